The van der Waals surface area contributed by atoms with Gasteiger partial charge < -0.3 is 14.2 Å². The maximum atomic E-state index is 12.5. The zero-order chi connectivity index (χ0) is 36.4. The molecular weight excluding hydrogens is 620 g/mol. The normalized spacial score (nSPS) is 12.8. The van der Waals surface area contributed by atoms with Gasteiger partial charge in [-0.2, -0.15) is 0 Å². The average Bonchev–Trinajstić information content (AvgIpc) is 3.11. The molecule has 0 N–H and O–H groups in total. The molecule has 0 saturated carbocycles. The highest BCUT2D eigenvalue weighted by Gasteiger charge is 2.17. The predicted molar refractivity (Wildman–Crippen MR) is 214 cm³/mol. The molecule has 5 nitrogen and oxygen atoms in total. The molecule has 0 aliphatic heterocycles. The molecule has 0 radical (unpaired) electrons. The number of carbonyl (C=O) groups excluding carboxylic acids is 2. The Morgan fingerprint density at radius 1 is 0.460 bits per heavy atom. The first-order valence-electron chi connectivity index (χ1n) is 20.8. The molecule has 0 aromatic rings. The van der Waals surface area contributed by atoms with Crippen molar-refractivity contribution < 1.29 is 23.8 Å². The molecule has 0 saturated heterocycles. The summed E-state index contributed by atoms with van der Waals surface area (Å²) < 4.78 is 17.1. The van der Waals surface area contributed by atoms with Gasteiger partial charge in [-0.1, -0.05) is 152 Å². The number of hydrogen-bond donors (Lipinski definition) is 0. The lowest BCUT2D eigenvalue weighted by Gasteiger charge is -2.18. The Hall–Kier alpha value is -2.40. The lowest BCUT2D eigenvalue weighted by atomic mass is 10.1. The van der Waals surface area contributed by atoms with E-state index in [0.717, 1.165) is 83.5 Å². The number of carbonyl (C=O) groups is 2. The van der Waals surface area contributed by atoms with Crippen LogP contribution in [0.5, 0.6) is 0 Å². The van der Waals surface area contributed by atoms with E-state index in [1.807, 2.05) is 0 Å². The fraction of sp³-hybridized carbons (Fsp3) is 0.733. The van der Waals surface area contributed by atoms with Crippen LogP contribution < -0.4 is 0 Å². The summed E-state index contributed by atoms with van der Waals surface area (Å²) in [4.78, 5) is 24.9. The third-order valence-electron chi connectivity index (χ3n) is 8.54. The molecular formula is C45H78O5. The highest BCUT2D eigenvalue weighted by Crippen LogP contribution is 2.11. The van der Waals surface area contributed by atoms with Crippen LogP contribution in [0.15, 0.2) is 60.8 Å². The lowest BCUT2D eigenvalue weighted by molar-refractivity contribution is -0.163. The van der Waals surface area contributed by atoms with E-state index >= 15 is 0 Å². The standard InChI is InChI=1S/C45H78O5/c1-4-7-10-13-15-17-19-21-22-23-25-27-29-31-34-37-40-48-41-43(50-45(47)39-36-32-12-9-6-3)42-49-44(46)38-35-33-30-28-26-24-20-18-16-14-11-8-5-2/h8,11,15-18,21-22,24,26,43H,4-7,9-10,12-14,19-20,23,25,27-42H2,1-3H3/b11-8-,17-15-,18-16-,22-21-,26-24-. The Bertz CT molecular complexity index is 884. The van der Waals surface area contributed by atoms with Crippen molar-refractivity contribution in [2.75, 3.05) is 19.8 Å². The van der Waals surface area contributed by atoms with Crippen molar-refractivity contribution in [1.29, 1.82) is 0 Å². The third kappa shape index (κ3) is 38.4. The molecule has 1 atom stereocenters. The summed E-state index contributed by atoms with van der Waals surface area (Å²) in [6.07, 6.45) is 49.6. The van der Waals surface area contributed by atoms with Gasteiger partial charge >= 0.3 is 11.9 Å². The van der Waals surface area contributed by atoms with E-state index in [1.165, 1.54) is 70.6 Å². The summed E-state index contributed by atoms with van der Waals surface area (Å²) in [6.45, 7) is 7.55. The largest absolute Gasteiger partial charge is 0.462 e. The van der Waals surface area contributed by atoms with Crippen LogP contribution in [0.3, 0.4) is 0 Å². The second-order valence-corrected chi connectivity index (χ2v) is 13.5. The van der Waals surface area contributed by atoms with Gasteiger partial charge in [0, 0.05) is 19.4 Å². The highest BCUT2D eigenvalue weighted by atomic mass is 16.6. The zero-order valence-corrected chi connectivity index (χ0v) is 32.9. The second kappa shape index (κ2) is 41.0. The first-order valence-corrected chi connectivity index (χ1v) is 20.8. The highest BCUT2D eigenvalue weighted by molar-refractivity contribution is 5.70. The molecule has 0 bridgehead atoms. The molecule has 1 unspecified atom stereocenters. The van der Waals surface area contributed by atoms with Crippen molar-refractivity contribution in [1.82, 2.24) is 0 Å². The van der Waals surface area contributed by atoms with Crippen molar-refractivity contribution in [3.05, 3.63) is 60.8 Å². The van der Waals surface area contributed by atoms with Crippen molar-refractivity contribution in [2.45, 2.75) is 194 Å². The Morgan fingerprint density at radius 3 is 1.50 bits per heavy atom. The van der Waals surface area contributed by atoms with Gasteiger partial charge in [0.25, 0.3) is 0 Å². The summed E-state index contributed by atoms with van der Waals surface area (Å²) in [5.74, 6) is -0.453. The quantitative estimate of drug-likeness (QED) is 0.0367. The van der Waals surface area contributed by atoms with Crippen molar-refractivity contribution in [3.8, 4) is 0 Å². The maximum Gasteiger partial charge on any atom is 0.306 e. The van der Waals surface area contributed by atoms with Crippen LogP contribution >= 0.6 is 0 Å². The SMILES string of the molecule is CC/C=C\C/C=C\C/C=C\CCCCCC(=O)OCC(COCCCCCCCC/C=C\C/C=C\CCCCC)OC(=O)CCCCCCC. The molecule has 0 fully saturated rings. The van der Waals surface area contributed by atoms with E-state index in [4.69, 9.17) is 14.2 Å². The number of allylic oxidation sites excluding steroid dienone is 10. The van der Waals surface area contributed by atoms with E-state index in [9.17, 15) is 9.59 Å². The number of rotatable bonds is 37. The van der Waals surface area contributed by atoms with Gasteiger partial charge in [-0.15, -0.1) is 0 Å². The summed E-state index contributed by atoms with van der Waals surface area (Å²) in [7, 11) is 0. The molecule has 50 heavy (non-hydrogen) atoms. The van der Waals surface area contributed by atoms with Crippen molar-refractivity contribution in [3.63, 3.8) is 0 Å². The molecule has 0 spiro atoms. The van der Waals surface area contributed by atoms with Gasteiger partial charge in [-0.25, -0.2) is 0 Å². The van der Waals surface area contributed by atoms with Crippen LogP contribution in [-0.2, 0) is 23.8 Å². The van der Waals surface area contributed by atoms with Gasteiger partial charge in [-0.05, 0) is 83.5 Å². The minimum atomic E-state index is -0.548. The van der Waals surface area contributed by atoms with E-state index in [0.29, 0.717) is 19.4 Å². The number of unbranched alkanes of at least 4 members (excludes halogenated alkanes) is 16. The monoisotopic (exact) mass is 699 g/mol. The fourth-order valence-corrected chi connectivity index (χ4v) is 5.43. The molecule has 0 rings (SSSR count). The first kappa shape index (κ1) is 47.6. The van der Waals surface area contributed by atoms with Crippen LogP contribution in [0, 0.1) is 0 Å². The fourth-order valence-electron chi connectivity index (χ4n) is 5.43. The minimum absolute atomic E-state index is 0.0641. The Morgan fingerprint density at radius 2 is 0.900 bits per heavy atom. The minimum Gasteiger partial charge on any atom is -0.462 e. The summed E-state index contributed by atoms with van der Waals surface area (Å²) in [5, 5.41) is 0. The Balaban J connectivity index is 4.16. The van der Waals surface area contributed by atoms with Crippen molar-refractivity contribution in [2.24, 2.45) is 0 Å². The first-order chi connectivity index (χ1) is 24.6. The van der Waals surface area contributed by atoms with Gasteiger partial charge in [-0.3, -0.25) is 9.59 Å². The molecule has 0 heterocycles. The molecule has 0 aliphatic carbocycles. The van der Waals surface area contributed by atoms with Gasteiger partial charge in [0.2, 0.25) is 0 Å². The molecule has 0 aromatic heterocycles. The summed E-state index contributed by atoms with van der Waals surface area (Å²) in [5.41, 5.74) is 0. The van der Waals surface area contributed by atoms with Gasteiger partial charge in [0.15, 0.2) is 6.10 Å². The molecule has 5 heteroatoms. The molecule has 288 valence electrons. The average molecular weight is 699 g/mol. The Labute approximate surface area is 309 Å². The summed E-state index contributed by atoms with van der Waals surface area (Å²) in [6, 6.07) is 0. The zero-order valence-electron chi connectivity index (χ0n) is 32.9. The van der Waals surface area contributed by atoms with Crippen LogP contribution in [0.2, 0.25) is 0 Å². The van der Waals surface area contributed by atoms with E-state index < -0.39 is 6.10 Å². The third-order valence-corrected chi connectivity index (χ3v) is 8.54. The topological polar surface area (TPSA) is 61.8 Å². The summed E-state index contributed by atoms with van der Waals surface area (Å²) >= 11 is 0. The molecule has 0 aromatic carbocycles. The second-order valence-electron chi connectivity index (χ2n) is 13.5. The molecule has 0 aliphatic rings. The Kier molecular flexibility index (Phi) is 39.1. The number of ether oxygens (including phenoxy) is 3. The molecule has 0 amide bonds. The smallest absolute Gasteiger partial charge is 0.306 e. The van der Waals surface area contributed by atoms with E-state index in [1.54, 1.807) is 0 Å². The van der Waals surface area contributed by atoms with E-state index in [-0.39, 0.29) is 25.2 Å². The predicted octanol–water partition coefficient (Wildman–Crippen LogP) is 13.4. The van der Waals surface area contributed by atoms with Crippen LogP contribution in [0.4, 0.5) is 0 Å². The maximum absolute atomic E-state index is 12.5. The van der Waals surface area contributed by atoms with Crippen LogP contribution in [-0.4, -0.2) is 37.9 Å². The van der Waals surface area contributed by atoms with Crippen LogP contribution in [0.25, 0.3) is 0 Å². The van der Waals surface area contributed by atoms with Crippen LogP contribution in [0.1, 0.15) is 188 Å². The van der Waals surface area contributed by atoms with Gasteiger partial charge in [0.05, 0.1) is 6.61 Å². The van der Waals surface area contributed by atoms with Crippen molar-refractivity contribution >= 4 is 11.9 Å². The number of esters is 2. The number of hydrogen-bond acceptors (Lipinski definition) is 5. The van der Waals surface area contributed by atoms with Gasteiger partial charge in [0.1, 0.15) is 6.61 Å². The van der Waals surface area contributed by atoms with E-state index in [2.05, 4.69) is 81.5 Å². The lowest BCUT2D eigenvalue weighted by Crippen LogP contribution is -2.30.